The van der Waals surface area contributed by atoms with E-state index in [1.807, 2.05) is 19.9 Å². The Morgan fingerprint density at radius 2 is 2.12 bits per heavy atom. The minimum Gasteiger partial charge on any atom is -0.396 e. The van der Waals surface area contributed by atoms with Crippen molar-refractivity contribution in [2.75, 3.05) is 18.5 Å². The standard InChI is InChI=1S/C12H19N3O/c1-9-7-11(15-10(2)14-9)13-8-12(3-4-12)5-6-16/h7,16H,3-6,8H2,1-2H3,(H,13,14,15). The van der Waals surface area contributed by atoms with E-state index in [0.29, 0.717) is 5.41 Å². The Bertz CT molecular complexity index is 354. The highest BCUT2D eigenvalue weighted by atomic mass is 16.3. The quantitative estimate of drug-likeness (QED) is 0.794. The molecule has 16 heavy (non-hydrogen) atoms. The van der Waals surface area contributed by atoms with Gasteiger partial charge in [-0.25, -0.2) is 9.97 Å². The zero-order chi connectivity index (χ0) is 11.6. The van der Waals surface area contributed by atoms with Crippen LogP contribution in [-0.4, -0.2) is 28.2 Å². The number of hydrogen-bond donors (Lipinski definition) is 2. The van der Waals surface area contributed by atoms with Crippen molar-refractivity contribution in [3.63, 3.8) is 0 Å². The Balaban J connectivity index is 1.94. The molecule has 0 atom stereocenters. The third kappa shape index (κ3) is 2.70. The fraction of sp³-hybridized carbons (Fsp3) is 0.667. The average Bonchev–Trinajstić information content (AvgIpc) is 2.95. The monoisotopic (exact) mass is 221 g/mol. The summed E-state index contributed by atoms with van der Waals surface area (Å²) in [6.45, 7) is 5.06. The number of hydrogen-bond acceptors (Lipinski definition) is 4. The van der Waals surface area contributed by atoms with Gasteiger partial charge in [0.25, 0.3) is 0 Å². The molecule has 1 heterocycles. The van der Waals surface area contributed by atoms with E-state index in [9.17, 15) is 0 Å². The van der Waals surface area contributed by atoms with E-state index in [0.717, 1.165) is 30.3 Å². The third-order valence-electron chi connectivity index (χ3n) is 3.21. The molecule has 88 valence electrons. The molecule has 0 bridgehead atoms. The molecular formula is C12H19N3O. The second-order valence-electron chi connectivity index (χ2n) is 4.77. The number of aliphatic hydroxyl groups excluding tert-OH is 1. The Labute approximate surface area is 96.1 Å². The molecule has 2 rings (SSSR count). The Morgan fingerprint density at radius 1 is 1.38 bits per heavy atom. The van der Waals surface area contributed by atoms with Crippen molar-refractivity contribution in [2.24, 2.45) is 5.41 Å². The van der Waals surface area contributed by atoms with Crippen LogP contribution in [0.3, 0.4) is 0 Å². The van der Waals surface area contributed by atoms with Gasteiger partial charge in [0.15, 0.2) is 0 Å². The summed E-state index contributed by atoms with van der Waals surface area (Å²) in [4.78, 5) is 8.58. The molecule has 1 aromatic rings. The number of anilines is 1. The van der Waals surface area contributed by atoms with E-state index in [1.165, 1.54) is 12.8 Å². The molecule has 0 spiro atoms. The molecule has 4 heteroatoms. The number of aryl methyl sites for hydroxylation is 2. The van der Waals surface area contributed by atoms with Gasteiger partial charge in [-0.1, -0.05) is 0 Å². The van der Waals surface area contributed by atoms with Crippen molar-refractivity contribution >= 4 is 5.82 Å². The topological polar surface area (TPSA) is 58.0 Å². The van der Waals surface area contributed by atoms with Gasteiger partial charge in [-0.15, -0.1) is 0 Å². The van der Waals surface area contributed by atoms with Crippen molar-refractivity contribution in [2.45, 2.75) is 33.1 Å². The van der Waals surface area contributed by atoms with E-state index in [-0.39, 0.29) is 6.61 Å². The van der Waals surface area contributed by atoms with Crippen LogP contribution in [0.1, 0.15) is 30.8 Å². The number of rotatable bonds is 5. The molecular weight excluding hydrogens is 202 g/mol. The van der Waals surface area contributed by atoms with Gasteiger partial charge >= 0.3 is 0 Å². The van der Waals surface area contributed by atoms with Crippen molar-refractivity contribution in [1.82, 2.24) is 9.97 Å². The maximum Gasteiger partial charge on any atom is 0.129 e. The SMILES string of the molecule is Cc1cc(NCC2(CCO)CC2)nc(C)n1. The second kappa shape index (κ2) is 4.37. The molecule has 0 amide bonds. The van der Waals surface area contributed by atoms with Crippen LogP contribution in [0.5, 0.6) is 0 Å². The Kier molecular flexibility index (Phi) is 3.10. The lowest BCUT2D eigenvalue weighted by molar-refractivity contribution is 0.253. The number of nitrogens with one attached hydrogen (secondary N) is 1. The normalized spacial score (nSPS) is 17.2. The predicted molar refractivity (Wildman–Crippen MR) is 63.4 cm³/mol. The summed E-state index contributed by atoms with van der Waals surface area (Å²) < 4.78 is 0. The third-order valence-corrected chi connectivity index (χ3v) is 3.21. The summed E-state index contributed by atoms with van der Waals surface area (Å²) >= 11 is 0. The maximum atomic E-state index is 8.97. The first-order chi connectivity index (χ1) is 7.63. The van der Waals surface area contributed by atoms with Crippen LogP contribution in [0.15, 0.2) is 6.07 Å². The lowest BCUT2D eigenvalue weighted by Crippen LogP contribution is -2.17. The van der Waals surface area contributed by atoms with Crippen LogP contribution in [0.25, 0.3) is 0 Å². The van der Waals surface area contributed by atoms with E-state index in [4.69, 9.17) is 5.11 Å². The zero-order valence-electron chi connectivity index (χ0n) is 9.95. The highest BCUT2D eigenvalue weighted by molar-refractivity contribution is 5.36. The van der Waals surface area contributed by atoms with Gasteiger partial charge in [0.2, 0.25) is 0 Å². The van der Waals surface area contributed by atoms with Gasteiger partial charge in [0.1, 0.15) is 11.6 Å². The van der Waals surface area contributed by atoms with E-state index in [2.05, 4.69) is 15.3 Å². The van der Waals surface area contributed by atoms with Gasteiger partial charge in [-0.3, -0.25) is 0 Å². The Hall–Kier alpha value is -1.16. The van der Waals surface area contributed by atoms with Crippen LogP contribution in [0, 0.1) is 19.3 Å². The lowest BCUT2D eigenvalue weighted by atomic mass is 10.0. The van der Waals surface area contributed by atoms with Crippen molar-refractivity contribution < 1.29 is 5.11 Å². The van der Waals surface area contributed by atoms with Gasteiger partial charge in [-0.2, -0.15) is 0 Å². The molecule has 2 N–H and O–H groups in total. The maximum absolute atomic E-state index is 8.97. The first-order valence-electron chi connectivity index (χ1n) is 5.81. The molecule has 1 aromatic heterocycles. The van der Waals surface area contributed by atoms with Crippen LogP contribution in [-0.2, 0) is 0 Å². The average molecular weight is 221 g/mol. The zero-order valence-corrected chi connectivity index (χ0v) is 9.95. The summed E-state index contributed by atoms with van der Waals surface area (Å²) in [6, 6.07) is 1.96. The fourth-order valence-corrected chi connectivity index (χ4v) is 2.01. The summed E-state index contributed by atoms with van der Waals surface area (Å²) in [6.07, 6.45) is 3.32. The van der Waals surface area contributed by atoms with E-state index < -0.39 is 0 Å². The number of aliphatic hydroxyl groups is 1. The molecule has 1 fully saturated rings. The molecule has 0 saturated heterocycles. The molecule has 1 aliphatic rings. The molecule has 0 aliphatic heterocycles. The highest BCUT2D eigenvalue weighted by Crippen LogP contribution is 2.48. The van der Waals surface area contributed by atoms with Gasteiger partial charge in [0, 0.05) is 24.9 Å². The van der Waals surface area contributed by atoms with E-state index in [1.54, 1.807) is 0 Å². The van der Waals surface area contributed by atoms with Crippen molar-refractivity contribution in [1.29, 1.82) is 0 Å². The minimum atomic E-state index is 0.281. The van der Waals surface area contributed by atoms with Gasteiger partial charge in [-0.05, 0) is 38.5 Å². The lowest BCUT2D eigenvalue weighted by Gasteiger charge is -2.15. The number of nitrogens with zero attached hydrogens (tertiary/aromatic N) is 2. The van der Waals surface area contributed by atoms with Gasteiger partial charge in [0.05, 0.1) is 0 Å². The molecule has 1 saturated carbocycles. The first kappa shape index (κ1) is 11.3. The summed E-state index contributed by atoms with van der Waals surface area (Å²) in [5, 5.41) is 12.3. The van der Waals surface area contributed by atoms with Crippen LogP contribution < -0.4 is 5.32 Å². The largest absolute Gasteiger partial charge is 0.396 e. The second-order valence-corrected chi connectivity index (χ2v) is 4.77. The summed E-state index contributed by atoms with van der Waals surface area (Å²) in [5.74, 6) is 1.70. The molecule has 0 unspecified atom stereocenters. The minimum absolute atomic E-state index is 0.281. The van der Waals surface area contributed by atoms with Crippen LogP contribution in [0.2, 0.25) is 0 Å². The predicted octanol–water partition coefficient (Wildman–Crippen LogP) is 1.67. The van der Waals surface area contributed by atoms with Crippen molar-refractivity contribution in [3.05, 3.63) is 17.6 Å². The summed E-state index contributed by atoms with van der Waals surface area (Å²) in [5.41, 5.74) is 1.31. The summed E-state index contributed by atoms with van der Waals surface area (Å²) in [7, 11) is 0. The van der Waals surface area contributed by atoms with Crippen molar-refractivity contribution in [3.8, 4) is 0 Å². The highest BCUT2D eigenvalue weighted by Gasteiger charge is 2.41. The van der Waals surface area contributed by atoms with Crippen LogP contribution in [0.4, 0.5) is 5.82 Å². The smallest absolute Gasteiger partial charge is 0.129 e. The van der Waals surface area contributed by atoms with Gasteiger partial charge < -0.3 is 10.4 Å². The molecule has 0 aromatic carbocycles. The van der Waals surface area contributed by atoms with Crippen LogP contribution >= 0.6 is 0 Å². The number of aromatic nitrogens is 2. The molecule has 1 aliphatic carbocycles. The molecule has 4 nitrogen and oxygen atoms in total. The first-order valence-corrected chi connectivity index (χ1v) is 5.81. The van der Waals surface area contributed by atoms with E-state index >= 15 is 0 Å². The molecule has 0 radical (unpaired) electrons. The fourth-order valence-electron chi connectivity index (χ4n) is 2.01. The Morgan fingerprint density at radius 3 is 2.69 bits per heavy atom.